The molecule has 1 aliphatic rings. The Balaban J connectivity index is 2.22. The van der Waals surface area contributed by atoms with E-state index in [4.69, 9.17) is 9.84 Å². The van der Waals surface area contributed by atoms with Gasteiger partial charge in [0.15, 0.2) is 5.75 Å². The molecule has 2 rings (SSSR count). The number of rotatable bonds is 6. The summed E-state index contributed by atoms with van der Waals surface area (Å²) in [7, 11) is 1.36. The topological polar surface area (TPSA) is 110 Å². The van der Waals surface area contributed by atoms with Crippen LogP contribution >= 0.6 is 11.8 Å². The van der Waals surface area contributed by atoms with Crippen LogP contribution in [0.15, 0.2) is 18.2 Å². The number of hydrogen-bond donors (Lipinski definition) is 1. The standard InChI is InChI=1S/C14H16N2O6S/c1-22-11-3-2-9(8-10(11)16(20)21)14-15(6-7-23-14)12(17)4-5-13(18)19/h2-3,8,14H,4-7H2,1H3,(H,18,19). The summed E-state index contributed by atoms with van der Waals surface area (Å²) in [5.74, 6) is -0.434. The Morgan fingerprint density at radius 2 is 2.22 bits per heavy atom. The molecule has 0 saturated carbocycles. The maximum absolute atomic E-state index is 12.2. The monoisotopic (exact) mass is 340 g/mol. The SMILES string of the molecule is COc1ccc(C2SCCN2C(=O)CCC(=O)O)cc1[N+](=O)[O-]. The molecule has 1 amide bonds. The fourth-order valence-corrected chi connectivity index (χ4v) is 3.63. The minimum Gasteiger partial charge on any atom is -0.490 e. The summed E-state index contributed by atoms with van der Waals surface area (Å²) in [5.41, 5.74) is 0.471. The Morgan fingerprint density at radius 1 is 1.48 bits per heavy atom. The number of carbonyl (C=O) groups is 2. The van der Waals surface area contributed by atoms with Crippen LogP contribution in [-0.4, -0.2) is 46.2 Å². The van der Waals surface area contributed by atoms with Crippen LogP contribution in [0, 0.1) is 10.1 Å². The van der Waals surface area contributed by atoms with Crippen molar-refractivity contribution in [3.63, 3.8) is 0 Å². The van der Waals surface area contributed by atoms with Crippen molar-refractivity contribution in [2.75, 3.05) is 19.4 Å². The molecule has 9 heteroatoms. The molecule has 1 fully saturated rings. The molecule has 1 aromatic rings. The molecule has 1 heterocycles. The van der Waals surface area contributed by atoms with Gasteiger partial charge >= 0.3 is 11.7 Å². The quantitative estimate of drug-likeness (QED) is 0.623. The van der Waals surface area contributed by atoms with E-state index in [0.717, 1.165) is 0 Å². The van der Waals surface area contributed by atoms with Gasteiger partial charge in [-0.3, -0.25) is 19.7 Å². The van der Waals surface area contributed by atoms with Gasteiger partial charge in [-0.1, -0.05) is 6.07 Å². The number of carboxylic acids is 1. The van der Waals surface area contributed by atoms with E-state index >= 15 is 0 Å². The summed E-state index contributed by atoms with van der Waals surface area (Å²) in [6.07, 6.45) is -0.305. The summed E-state index contributed by atoms with van der Waals surface area (Å²) >= 11 is 1.49. The third-order valence-electron chi connectivity index (χ3n) is 3.45. The highest BCUT2D eigenvalue weighted by molar-refractivity contribution is 7.99. The van der Waals surface area contributed by atoms with Crippen LogP contribution < -0.4 is 4.74 Å². The molecule has 1 aromatic carbocycles. The highest BCUT2D eigenvalue weighted by Gasteiger charge is 2.32. The fraction of sp³-hybridized carbons (Fsp3) is 0.429. The Bertz CT molecular complexity index is 636. The minimum absolute atomic E-state index is 0.0787. The van der Waals surface area contributed by atoms with Gasteiger partial charge in [0.05, 0.1) is 18.5 Å². The van der Waals surface area contributed by atoms with Crippen LogP contribution in [0.25, 0.3) is 0 Å². The van der Waals surface area contributed by atoms with Crippen molar-refractivity contribution in [1.29, 1.82) is 0 Å². The zero-order valence-corrected chi connectivity index (χ0v) is 13.2. The van der Waals surface area contributed by atoms with Gasteiger partial charge in [-0.15, -0.1) is 11.8 Å². The minimum atomic E-state index is -1.03. The van der Waals surface area contributed by atoms with Gasteiger partial charge in [-0.05, 0) is 11.6 Å². The average molecular weight is 340 g/mol. The lowest BCUT2D eigenvalue weighted by Crippen LogP contribution is -2.30. The fourth-order valence-electron chi connectivity index (χ4n) is 2.36. The highest BCUT2D eigenvalue weighted by Crippen LogP contribution is 2.41. The highest BCUT2D eigenvalue weighted by atomic mass is 32.2. The first-order chi connectivity index (χ1) is 10.9. The van der Waals surface area contributed by atoms with E-state index in [0.29, 0.717) is 17.9 Å². The molecule has 1 aliphatic heterocycles. The molecule has 0 aliphatic carbocycles. The van der Waals surface area contributed by atoms with Crippen molar-refractivity contribution >= 4 is 29.3 Å². The number of aliphatic carboxylic acids is 1. The lowest BCUT2D eigenvalue weighted by atomic mass is 10.1. The summed E-state index contributed by atoms with van der Waals surface area (Å²) in [6.45, 7) is 0.494. The first kappa shape index (κ1) is 17.1. The van der Waals surface area contributed by atoms with Crippen molar-refractivity contribution in [3.8, 4) is 5.75 Å². The van der Waals surface area contributed by atoms with Gasteiger partial charge in [0, 0.05) is 24.8 Å². The Kier molecular flexibility index (Phi) is 5.43. The van der Waals surface area contributed by atoms with Crippen molar-refractivity contribution in [3.05, 3.63) is 33.9 Å². The maximum atomic E-state index is 12.2. The number of nitro groups is 1. The molecule has 23 heavy (non-hydrogen) atoms. The van der Waals surface area contributed by atoms with Crippen molar-refractivity contribution in [2.45, 2.75) is 18.2 Å². The summed E-state index contributed by atoms with van der Waals surface area (Å²) in [5, 5.41) is 19.4. The number of ether oxygens (including phenoxy) is 1. The van der Waals surface area contributed by atoms with E-state index in [-0.39, 0.29) is 35.6 Å². The van der Waals surface area contributed by atoms with Gasteiger partial charge in [-0.25, -0.2) is 0 Å². The van der Waals surface area contributed by atoms with Crippen molar-refractivity contribution < 1.29 is 24.4 Å². The Hall–Kier alpha value is -2.29. The maximum Gasteiger partial charge on any atom is 0.311 e. The van der Waals surface area contributed by atoms with Gasteiger partial charge in [-0.2, -0.15) is 0 Å². The molecule has 0 aromatic heterocycles. The van der Waals surface area contributed by atoms with Gasteiger partial charge < -0.3 is 14.7 Å². The van der Waals surface area contributed by atoms with Crippen LogP contribution in [0.2, 0.25) is 0 Å². The second kappa shape index (κ2) is 7.32. The molecule has 1 unspecified atom stereocenters. The van der Waals surface area contributed by atoms with Crippen molar-refractivity contribution in [1.82, 2.24) is 4.90 Å². The van der Waals surface area contributed by atoms with Crippen LogP contribution in [0.5, 0.6) is 5.75 Å². The smallest absolute Gasteiger partial charge is 0.311 e. The second-order valence-corrected chi connectivity index (χ2v) is 6.08. The van der Waals surface area contributed by atoms with Gasteiger partial charge in [0.25, 0.3) is 0 Å². The number of amides is 1. The van der Waals surface area contributed by atoms with Crippen LogP contribution in [0.4, 0.5) is 5.69 Å². The zero-order chi connectivity index (χ0) is 17.0. The summed E-state index contributed by atoms with van der Waals surface area (Å²) in [6, 6.07) is 4.60. The molecule has 1 saturated heterocycles. The van der Waals surface area contributed by atoms with Crippen LogP contribution in [0.1, 0.15) is 23.8 Å². The number of carboxylic acid groups (broad SMARTS) is 1. The molecule has 0 bridgehead atoms. The van der Waals surface area contributed by atoms with Gasteiger partial charge in [0.1, 0.15) is 5.37 Å². The van der Waals surface area contributed by atoms with Crippen LogP contribution in [-0.2, 0) is 9.59 Å². The molecule has 124 valence electrons. The number of nitrogens with zero attached hydrogens (tertiary/aromatic N) is 2. The molecule has 0 spiro atoms. The number of hydrogen-bond acceptors (Lipinski definition) is 6. The molecule has 1 atom stereocenters. The number of nitro benzene ring substituents is 1. The van der Waals surface area contributed by atoms with Crippen LogP contribution in [0.3, 0.4) is 0 Å². The van der Waals surface area contributed by atoms with E-state index in [1.165, 1.54) is 31.0 Å². The largest absolute Gasteiger partial charge is 0.490 e. The number of carbonyl (C=O) groups excluding carboxylic acids is 1. The predicted molar refractivity (Wildman–Crippen MR) is 83.4 cm³/mol. The molecule has 8 nitrogen and oxygen atoms in total. The summed E-state index contributed by atoms with van der Waals surface area (Å²) < 4.78 is 4.97. The summed E-state index contributed by atoms with van der Waals surface area (Å²) in [4.78, 5) is 34.9. The van der Waals surface area contributed by atoms with E-state index < -0.39 is 10.9 Å². The second-order valence-electron chi connectivity index (χ2n) is 4.89. The van der Waals surface area contributed by atoms with E-state index in [1.54, 1.807) is 11.0 Å². The lowest BCUT2D eigenvalue weighted by molar-refractivity contribution is -0.385. The predicted octanol–water partition coefficient (Wildman–Crippen LogP) is 2.04. The first-order valence-electron chi connectivity index (χ1n) is 6.89. The zero-order valence-electron chi connectivity index (χ0n) is 12.4. The normalized spacial score (nSPS) is 17.1. The van der Waals surface area contributed by atoms with E-state index in [9.17, 15) is 19.7 Å². The third-order valence-corrected chi connectivity index (χ3v) is 4.71. The van der Waals surface area contributed by atoms with E-state index in [2.05, 4.69) is 0 Å². The molecule has 1 N–H and O–H groups in total. The Labute approximate surface area is 136 Å². The lowest BCUT2D eigenvalue weighted by Gasteiger charge is -2.24. The molecular formula is C14H16N2O6S. The number of methoxy groups -OCH3 is 1. The molecular weight excluding hydrogens is 324 g/mol. The first-order valence-corrected chi connectivity index (χ1v) is 7.94. The number of benzene rings is 1. The third kappa shape index (κ3) is 3.92. The van der Waals surface area contributed by atoms with Crippen molar-refractivity contribution in [2.24, 2.45) is 0 Å². The van der Waals surface area contributed by atoms with Gasteiger partial charge in [0.2, 0.25) is 5.91 Å². The Morgan fingerprint density at radius 3 is 2.83 bits per heavy atom. The number of thioether (sulfide) groups is 1. The van der Waals surface area contributed by atoms with E-state index in [1.807, 2.05) is 0 Å². The average Bonchev–Trinajstić information content (AvgIpc) is 3.01. The molecule has 0 radical (unpaired) electrons.